The molecule has 112 valence electrons. The van der Waals surface area contributed by atoms with E-state index < -0.39 is 5.91 Å². The number of anilines is 2. The summed E-state index contributed by atoms with van der Waals surface area (Å²) in [5.74, 6) is -0.523. The molecule has 1 unspecified atom stereocenters. The third-order valence-electron chi connectivity index (χ3n) is 3.14. The summed E-state index contributed by atoms with van der Waals surface area (Å²) in [5.41, 5.74) is 12.7. The van der Waals surface area contributed by atoms with Crippen molar-refractivity contribution in [3.05, 3.63) is 22.7 Å². The zero-order chi connectivity index (χ0) is 15.4. The molecule has 1 amide bonds. The molecule has 0 saturated carbocycles. The highest BCUT2D eigenvalue weighted by molar-refractivity contribution is 6.34. The summed E-state index contributed by atoms with van der Waals surface area (Å²) < 4.78 is 0. The second-order valence-electron chi connectivity index (χ2n) is 5.16. The van der Waals surface area contributed by atoms with Crippen LogP contribution in [0.15, 0.2) is 12.1 Å². The number of carbonyl (C=O) groups excluding carboxylic acids is 1. The van der Waals surface area contributed by atoms with Gasteiger partial charge in [-0.05, 0) is 40.1 Å². The molecule has 4 N–H and O–H groups in total. The summed E-state index contributed by atoms with van der Waals surface area (Å²) in [5, 5.41) is 0.450. The van der Waals surface area contributed by atoms with Gasteiger partial charge in [-0.25, -0.2) is 0 Å². The molecule has 0 aliphatic heterocycles. The zero-order valence-electron chi connectivity index (χ0n) is 12.5. The monoisotopic (exact) mass is 298 g/mol. The van der Waals surface area contributed by atoms with Gasteiger partial charge in [-0.3, -0.25) is 4.79 Å². The molecule has 5 nitrogen and oxygen atoms in total. The highest BCUT2D eigenvalue weighted by Crippen LogP contribution is 2.33. The number of likely N-dealkylation sites (N-methyl/N-ethyl adjacent to an activating group) is 2. The first-order valence-corrected chi connectivity index (χ1v) is 6.95. The molecule has 1 aromatic rings. The Bertz CT molecular complexity index is 490. The molecule has 0 saturated heterocycles. The van der Waals surface area contributed by atoms with E-state index in [1.807, 2.05) is 21.0 Å². The lowest BCUT2D eigenvalue weighted by Crippen LogP contribution is -2.41. The lowest BCUT2D eigenvalue weighted by molar-refractivity contribution is 0.100. The molecule has 0 aromatic heterocycles. The van der Waals surface area contributed by atoms with Crippen LogP contribution >= 0.6 is 11.6 Å². The number of hydrogen-bond donors (Lipinski definition) is 2. The Morgan fingerprint density at radius 1 is 1.40 bits per heavy atom. The fraction of sp³-hybridized carbons (Fsp3) is 0.500. The Balaban J connectivity index is 3.30. The summed E-state index contributed by atoms with van der Waals surface area (Å²) in [7, 11) is 4.01. The van der Waals surface area contributed by atoms with Gasteiger partial charge in [-0.2, -0.15) is 0 Å². The predicted molar refractivity (Wildman–Crippen MR) is 85.4 cm³/mol. The molecule has 0 aliphatic rings. The maximum absolute atomic E-state index is 11.7. The summed E-state index contributed by atoms with van der Waals surface area (Å²) in [6.45, 7) is 5.66. The van der Waals surface area contributed by atoms with Crippen LogP contribution in [0.5, 0.6) is 0 Å². The van der Waals surface area contributed by atoms with Gasteiger partial charge in [0, 0.05) is 24.8 Å². The van der Waals surface area contributed by atoms with Crippen molar-refractivity contribution in [2.24, 2.45) is 5.73 Å². The minimum atomic E-state index is -0.523. The molecule has 0 bridgehead atoms. The predicted octanol–water partition coefficient (Wildman–Crippen LogP) is 1.80. The quantitative estimate of drug-likeness (QED) is 0.785. The van der Waals surface area contributed by atoms with Crippen molar-refractivity contribution < 1.29 is 4.79 Å². The first kappa shape index (κ1) is 16.6. The maximum Gasteiger partial charge on any atom is 0.250 e. The van der Waals surface area contributed by atoms with Gasteiger partial charge in [0.1, 0.15) is 0 Å². The number of nitrogens with zero attached hydrogens (tertiary/aromatic N) is 2. The molecule has 1 aromatic carbocycles. The Labute approximate surface area is 125 Å². The van der Waals surface area contributed by atoms with E-state index in [-0.39, 0.29) is 6.04 Å². The third-order valence-corrected chi connectivity index (χ3v) is 3.43. The number of benzene rings is 1. The van der Waals surface area contributed by atoms with Crippen molar-refractivity contribution >= 4 is 28.9 Å². The lowest BCUT2D eigenvalue weighted by atomic mass is 10.1. The van der Waals surface area contributed by atoms with E-state index in [9.17, 15) is 4.79 Å². The second-order valence-corrected chi connectivity index (χ2v) is 5.57. The van der Waals surface area contributed by atoms with Gasteiger partial charge >= 0.3 is 0 Å². The van der Waals surface area contributed by atoms with Crippen molar-refractivity contribution in [2.75, 3.05) is 37.8 Å². The van der Waals surface area contributed by atoms with E-state index in [0.29, 0.717) is 22.0 Å². The summed E-state index contributed by atoms with van der Waals surface area (Å²) >= 11 is 6.29. The van der Waals surface area contributed by atoms with Crippen LogP contribution in [0.4, 0.5) is 11.4 Å². The van der Waals surface area contributed by atoms with Gasteiger partial charge in [0.2, 0.25) is 0 Å². The van der Waals surface area contributed by atoms with Crippen molar-refractivity contribution in [3.63, 3.8) is 0 Å². The van der Waals surface area contributed by atoms with E-state index in [1.165, 1.54) is 0 Å². The van der Waals surface area contributed by atoms with Crippen LogP contribution in [-0.4, -0.2) is 44.0 Å². The smallest absolute Gasteiger partial charge is 0.250 e. The number of amides is 1. The van der Waals surface area contributed by atoms with Crippen molar-refractivity contribution in [1.82, 2.24) is 4.90 Å². The molecule has 1 atom stereocenters. The molecule has 0 radical (unpaired) electrons. The zero-order valence-corrected chi connectivity index (χ0v) is 13.2. The van der Waals surface area contributed by atoms with Crippen LogP contribution in [0.1, 0.15) is 24.2 Å². The number of nitrogens with two attached hydrogens (primary N) is 2. The second kappa shape index (κ2) is 6.81. The van der Waals surface area contributed by atoms with Crippen LogP contribution in [0, 0.1) is 0 Å². The summed E-state index contributed by atoms with van der Waals surface area (Å²) in [4.78, 5) is 15.8. The highest BCUT2D eigenvalue weighted by Gasteiger charge is 2.22. The minimum absolute atomic E-state index is 0.189. The summed E-state index contributed by atoms with van der Waals surface area (Å²) in [6, 6.07) is 3.41. The number of halogens is 1. The average Bonchev–Trinajstić information content (AvgIpc) is 2.30. The number of rotatable bonds is 6. The first-order valence-electron chi connectivity index (χ1n) is 6.58. The Hall–Kier alpha value is -1.46. The Morgan fingerprint density at radius 2 is 2.00 bits per heavy atom. The lowest BCUT2D eigenvalue weighted by Gasteiger charge is -2.34. The minimum Gasteiger partial charge on any atom is -0.399 e. The first-order chi connectivity index (χ1) is 9.27. The SMILES string of the molecule is CCN(c1c(Cl)cc(N)cc1C(N)=O)C(C)CN(C)C. The Kier molecular flexibility index (Phi) is 5.65. The van der Waals surface area contributed by atoms with Crippen LogP contribution in [0.2, 0.25) is 5.02 Å². The van der Waals surface area contributed by atoms with Gasteiger partial charge in [-0.1, -0.05) is 11.6 Å². The molecule has 0 heterocycles. The van der Waals surface area contributed by atoms with Crippen molar-refractivity contribution in [1.29, 1.82) is 0 Å². The molecule has 0 spiro atoms. The van der Waals surface area contributed by atoms with Crippen LogP contribution in [-0.2, 0) is 0 Å². The van der Waals surface area contributed by atoms with E-state index >= 15 is 0 Å². The van der Waals surface area contributed by atoms with Gasteiger partial charge in [0.15, 0.2) is 0 Å². The standard InChI is InChI=1S/C14H23ClN4O/c1-5-19(9(2)8-18(3)4)13-11(14(17)20)6-10(16)7-12(13)15/h6-7,9H,5,8,16H2,1-4H3,(H2,17,20). The highest BCUT2D eigenvalue weighted by atomic mass is 35.5. The number of hydrogen-bond acceptors (Lipinski definition) is 4. The van der Waals surface area contributed by atoms with E-state index in [0.717, 1.165) is 13.1 Å². The topological polar surface area (TPSA) is 75.6 Å². The maximum atomic E-state index is 11.7. The Morgan fingerprint density at radius 3 is 2.45 bits per heavy atom. The van der Waals surface area contributed by atoms with E-state index in [4.69, 9.17) is 23.1 Å². The molecule has 0 fully saturated rings. The average molecular weight is 299 g/mol. The molecule has 6 heteroatoms. The third kappa shape index (κ3) is 3.77. The van der Waals surface area contributed by atoms with E-state index in [2.05, 4.69) is 16.7 Å². The molecule has 1 rings (SSSR count). The molecule has 20 heavy (non-hydrogen) atoms. The number of nitrogen functional groups attached to an aromatic ring is 1. The van der Waals surface area contributed by atoms with Gasteiger partial charge in [-0.15, -0.1) is 0 Å². The summed E-state index contributed by atoms with van der Waals surface area (Å²) in [6.07, 6.45) is 0. The fourth-order valence-electron chi connectivity index (χ4n) is 2.42. The number of primary amides is 1. The van der Waals surface area contributed by atoms with Crippen LogP contribution < -0.4 is 16.4 Å². The molecule has 0 aliphatic carbocycles. The van der Waals surface area contributed by atoms with Gasteiger partial charge in [0.05, 0.1) is 16.3 Å². The normalized spacial score (nSPS) is 12.5. The number of carbonyl (C=O) groups is 1. The van der Waals surface area contributed by atoms with Crippen LogP contribution in [0.3, 0.4) is 0 Å². The fourth-order valence-corrected chi connectivity index (χ4v) is 2.75. The van der Waals surface area contributed by atoms with Crippen molar-refractivity contribution in [3.8, 4) is 0 Å². The largest absolute Gasteiger partial charge is 0.399 e. The van der Waals surface area contributed by atoms with Gasteiger partial charge in [0.25, 0.3) is 5.91 Å². The van der Waals surface area contributed by atoms with Crippen molar-refractivity contribution in [2.45, 2.75) is 19.9 Å². The molecular formula is C14H23ClN4O. The molecular weight excluding hydrogens is 276 g/mol. The van der Waals surface area contributed by atoms with Crippen LogP contribution in [0.25, 0.3) is 0 Å². The van der Waals surface area contributed by atoms with Gasteiger partial charge < -0.3 is 21.3 Å². The van der Waals surface area contributed by atoms with E-state index in [1.54, 1.807) is 12.1 Å².